The molecule has 1 saturated heterocycles. The lowest BCUT2D eigenvalue weighted by atomic mass is 9.80. The van der Waals surface area contributed by atoms with Gasteiger partial charge in [-0.25, -0.2) is 4.79 Å². The van der Waals surface area contributed by atoms with E-state index in [4.69, 9.17) is 4.74 Å². The average Bonchev–Trinajstić information content (AvgIpc) is 3.51. The number of benzene rings is 1. The van der Waals surface area contributed by atoms with Crippen LogP contribution >= 0.6 is 11.3 Å². The second kappa shape index (κ2) is 9.00. The number of urea groups is 1. The van der Waals surface area contributed by atoms with Crippen molar-refractivity contribution in [1.82, 2.24) is 14.8 Å². The fraction of sp³-hybridized carbons (Fsp3) is 0.370. The quantitative estimate of drug-likeness (QED) is 0.393. The van der Waals surface area contributed by atoms with E-state index in [1.807, 2.05) is 55.6 Å². The molecule has 0 saturated carbocycles. The molecule has 0 radical (unpaired) electrons. The van der Waals surface area contributed by atoms with Crippen LogP contribution in [0.2, 0.25) is 0 Å². The third-order valence-corrected chi connectivity index (χ3v) is 8.28. The van der Waals surface area contributed by atoms with Crippen LogP contribution in [0.3, 0.4) is 0 Å². The van der Waals surface area contributed by atoms with Gasteiger partial charge in [-0.05, 0) is 74.7 Å². The summed E-state index contributed by atoms with van der Waals surface area (Å²) in [7, 11) is 1.65. The summed E-state index contributed by atoms with van der Waals surface area (Å²) in [6.45, 7) is 4.36. The zero-order valence-electron chi connectivity index (χ0n) is 20.2. The number of aromatic nitrogens is 1. The summed E-state index contributed by atoms with van der Waals surface area (Å²) < 4.78 is 7.34. The SMILES string of the molecule is COc1ccc(CCn2c(C)cc(C(=O)CN3C(=O)N[C@@]4(CCCc5sccc54)C3=O)c2C)cc1. The van der Waals surface area contributed by atoms with Crippen molar-refractivity contribution < 1.29 is 19.1 Å². The fourth-order valence-electron chi connectivity index (χ4n) is 5.37. The first-order chi connectivity index (χ1) is 16.8. The van der Waals surface area contributed by atoms with E-state index < -0.39 is 11.6 Å². The minimum Gasteiger partial charge on any atom is -0.497 e. The van der Waals surface area contributed by atoms with Gasteiger partial charge in [-0.1, -0.05) is 12.1 Å². The molecule has 0 unspecified atom stereocenters. The fourth-order valence-corrected chi connectivity index (χ4v) is 6.37. The van der Waals surface area contributed by atoms with Crippen LogP contribution in [0.15, 0.2) is 41.8 Å². The first-order valence-electron chi connectivity index (χ1n) is 11.9. The molecule has 3 aromatic rings. The van der Waals surface area contributed by atoms with E-state index in [1.54, 1.807) is 18.4 Å². The summed E-state index contributed by atoms with van der Waals surface area (Å²) in [5.41, 5.74) is 3.41. The van der Waals surface area contributed by atoms with E-state index in [9.17, 15) is 14.4 Å². The summed E-state index contributed by atoms with van der Waals surface area (Å²) in [6.07, 6.45) is 3.12. The largest absolute Gasteiger partial charge is 0.497 e. The Balaban J connectivity index is 1.31. The van der Waals surface area contributed by atoms with E-state index in [-0.39, 0.29) is 18.2 Å². The van der Waals surface area contributed by atoms with E-state index >= 15 is 0 Å². The standard InChI is InChI=1S/C27H29N3O4S/c1-17-15-21(18(2)29(17)13-10-19-6-8-20(34-3)9-7-19)23(31)16-30-25(32)27(28-26(30)33)12-4-5-24-22(27)11-14-35-24/h6-9,11,14-15H,4-5,10,12-13,16H2,1-3H3,(H,28,33)/t27-/m1/s1. The molecule has 1 fully saturated rings. The number of Topliss-reactive ketones (excluding diaryl/α,β-unsaturated/α-hetero) is 1. The number of fused-ring (bicyclic) bond motifs is 2. The number of aryl methyl sites for hydroxylation is 3. The lowest BCUT2D eigenvalue weighted by molar-refractivity contribution is -0.131. The number of amides is 3. The van der Waals surface area contributed by atoms with Crippen LogP contribution in [0.1, 0.15) is 50.6 Å². The number of hydrogen-bond acceptors (Lipinski definition) is 5. The van der Waals surface area contributed by atoms with Crippen LogP contribution in [0, 0.1) is 13.8 Å². The number of ether oxygens (including phenoxy) is 1. The Morgan fingerprint density at radius 1 is 1.17 bits per heavy atom. The summed E-state index contributed by atoms with van der Waals surface area (Å²) >= 11 is 1.61. The molecule has 2 aromatic heterocycles. The number of thiophene rings is 1. The number of methoxy groups -OCH3 is 1. The topological polar surface area (TPSA) is 80.6 Å². The predicted molar refractivity (Wildman–Crippen MR) is 134 cm³/mol. The van der Waals surface area contributed by atoms with E-state index in [2.05, 4.69) is 9.88 Å². The van der Waals surface area contributed by atoms with Crippen molar-refractivity contribution in [2.75, 3.05) is 13.7 Å². The molecule has 8 heteroatoms. The Hall–Kier alpha value is -3.39. The highest BCUT2D eigenvalue weighted by atomic mass is 32.1. The van der Waals surface area contributed by atoms with Gasteiger partial charge in [0.25, 0.3) is 5.91 Å². The molecule has 1 aliphatic heterocycles. The van der Waals surface area contributed by atoms with Gasteiger partial charge >= 0.3 is 6.03 Å². The number of carbonyl (C=O) groups is 3. The molecular weight excluding hydrogens is 462 g/mol. The Morgan fingerprint density at radius 2 is 1.94 bits per heavy atom. The lowest BCUT2D eigenvalue weighted by Crippen LogP contribution is -2.46. The van der Waals surface area contributed by atoms with Gasteiger partial charge in [0.05, 0.1) is 13.7 Å². The molecule has 3 amide bonds. The van der Waals surface area contributed by atoms with Crippen molar-refractivity contribution in [2.24, 2.45) is 0 Å². The maximum Gasteiger partial charge on any atom is 0.325 e. The number of nitrogens with one attached hydrogen (secondary N) is 1. The number of rotatable bonds is 7. The molecule has 1 spiro atoms. The van der Waals surface area contributed by atoms with Crippen LogP contribution < -0.4 is 10.1 Å². The van der Waals surface area contributed by atoms with Crippen molar-refractivity contribution in [3.63, 3.8) is 0 Å². The zero-order valence-corrected chi connectivity index (χ0v) is 21.0. The highest BCUT2D eigenvalue weighted by Crippen LogP contribution is 2.42. The smallest absolute Gasteiger partial charge is 0.325 e. The van der Waals surface area contributed by atoms with Crippen molar-refractivity contribution in [2.45, 2.75) is 51.6 Å². The monoisotopic (exact) mass is 491 g/mol. The molecule has 5 rings (SSSR count). The minimum absolute atomic E-state index is 0.226. The van der Waals surface area contributed by atoms with Crippen molar-refractivity contribution in [3.05, 3.63) is 74.7 Å². The van der Waals surface area contributed by atoms with Gasteiger partial charge in [-0.2, -0.15) is 0 Å². The molecule has 1 aromatic carbocycles. The van der Waals surface area contributed by atoms with Crippen LogP contribution in [-0.2, 0) is 29.7 Å². The van der Waals surface area contributed by atoms with E-state index in [0.717, 1.165) is 58.3 Å². The normalized spacial score (nSPS) is 19.2. The molecule has 2 aliphatic rings. The van der Waals surface area contributed by atoms with Gasteiger partial charge in [-0.15, -0.1) is 11.3 Å². The molecule has 1 aliphatic carbocycles. The van der Waals surface area contributed by atoms with Gasteiger partial charge in [0.1, 0.15) is 11.3 Å². The van der Waals surface area contributed by atoms with Crippen LogP contribution in [0.25, 0.3) is 0 Å². The molecule has 1 N–H and O–H groups in total. The summed E-state index contributed by atoms with van der Waals surface area (Å²) in [5.74, 6) is 0.278. The number of imide groups is 1. The van der Waals surface area contributed by atoms with E-state index in [0.29, 0.717) is 12.0 Å². The zero-order chi connectivity index (χ0) is 24.7. The highest BCUT2D eigenvalue weighted by Gasteiger charge is 2.54. The van der Waals surface area contributed by atoms with Gasteiger partial charge in [0.2, 0.25) is 0 Å². The van der Waals surface area contributed by atoms with Gasteiger partial charge < -0.3 is 14.6 Å². The Kier molecular flexibility index (Phi) is 6.01. The van der Waals surface area contributed by atoms with Crippen molar-refractivity contribution in [1.29, 1.82) is 0 Å². The van der Waals surface area contributed by atoms with Crippen LogP contribution in [0.4, 0.5) is 4.79 Å². The molecule has 35 heavy (non-hydrogen) atoms. The molecule has 7 nitrogen and oxygen atoms in total. The molecule has 1 atom stereocenters. The Labute approximate surface area is 208 Å². The second-order valence-corrected chi connectivity index (χ2v) is 10.3. The Morgan fingerprint density at radius 3 is 2.69 bits per heavy atom. The van der Waals surface area contributed by atoms with Gasteiger partial charge in [0, 0.05) is 33.9 Å². The highest BCUT2D eigenvalue weighted by molar-refractivity contribution is 7.10. The third-order valence-electron chi connectivity index (χ3n) is 7.30. The molecule has 0 bridgehead atoms. The average molecular weight is 492 g/mol. The first kappa shape index (κ1) is 23.4. The van der Waals surface area contributed by atoms with Gasteiger partial charge in [0.15, 0.2) is 5.78 Å². The number of hydrogen-bond donors (Lipinski definition) is 1. The second-order valence-electron chi connectivity index (χ2n) is 9.30. The summed E-state index contributed by atoms with van der Waals surface area (Å²) in [5, 5.41) is 4.89. The van der Waals surface area contributed by atoms with Gasteiger partial charge in [-0.3, -0.25) is 14.5 Å². The number of nitrogens with zero attached hydrogens (tertiary/aromatic N) is 2. The minimum atomic E-state index is -1.03. The molecular formula is C27H29N3O4S. The summed E-state index contributed by atoms with van der Waals surface area (Å²) in [4.78, 5) is 41.8. The first-order valence-corrected chi connectivity index (χ1v) is 12.8. The maximum atomic E-state index is 13.5. The Bertz CT molecular complexity index is 1310. The number of carbonyl (C=O) groups excluding carboxylic acids is 3. The number of ketones is 1. The third kappa shape index (κ3) is 3.95. The van der Waals surface area contributed by atoms with Crippen LogP contribution in [0.5, 0.6) is 5.75 Å². The van der Waals surface area contributed by atoms with Crippen molar-refractivity contribution >= 4 is 29.1 Å². The van der Waals surface area contributed by atoms with Crippen molar-refractivity contribution in [3.8, 4) is 5.75 Å². The van der Waals surface area contributed by atoms with Crippen LogP contribution in [-0.4, -0.2) is 40.8 Å². The predicted octanol–water partition coefficient (Wildman–Crippen LogP) is 4.38. The molecule has 182 valence electrons. The maximum absolute atomic E-state index is 13.5. The van der Waals surface area contributed by atoms with E-state index in [1.165, 1.54) is 5.56 Å². The lowest BCUT2D eigenvalue weighted by Gasteiger charge is -2.31. The summed E-state index contributed by atoms with van der Waals surface area (Å²) in [6, 6.07) is 11.3. The molecule has 3 heterocycles.